The Bertz CT molecular complexity index is 2770. The van der Waals surface area contributed by atoms with Gasteiger partial charge in [-0.15, -0.1) is 0 Å². The number of hydrogen-bond donors (Lipinski definition) is 0. The molecule has 0 N–H and O–H groups in total. The molecule has 0 bridgehead atoms. The molecule has 0 amide bonds. The van der Waals surface area contributed by atoms with Crippen LogP contribution in [0, 0.1) is 6.92 Å². The van der Waals surface area contributed by atoms with Gasteiger partial charge in [-0.3, -0.25) is 4.79 Å². The molecule has 3 aromatic heterocycles. The second-order valence-corrected chi connectivity index (χ2v) is 16.7. The first-order valence-electron chi connectivity index (χ1n) is 18.5. The Morgan fingerprint density at radius 2 is 1.71 bits per heavy atom. The summed E-state index contributed by atoms with van der Waals surface area (Å²) in [5, 5.41) is 3.27. The third-order valence-electron chi connectivity index (χ3n) is 10.7. The molecule has 10 nitrogen and oxygen atoms in total. The van der Waals surface area contributed by atoms with Crippen LogP contribution in [0.2, 0.25) is 5.28 Å². The molecule has 12 heteroatoms. The SMILES string of the molecule is Cc1ccc(S(=O)(=O)n2ccc3c(-c4ccc5nc(Cl)nc(C(COC6CCCCO6)(OC6CC6)c6cccc7ccccc67)c5c4)cn(C)c(=O)c32)cc1. The van der Waals surface area contributed by atoms with Crippen molar-refractivity contribution in [2.75, 3.05) is 13.2 Å². The Labute approximate surface area is 323 Å². The summed E-state index contributed by atoms with van der Waals surface area (Å²) in [5.74, 6) is 0. The highest BCUT2D eigenvalue weighted by molar-refractivity contribution is 7.90. The number of aryl methyl sites for hydroxylation is 2. The van der Waals surface area contributed by atoms with E-state index in [1.165, 1.54) is 10.8 Å². The van der Waals surface area contributed by atoms with E-state index in [2.05, 4.69) is 29.2 Å². The second-order valence-electron chi connectivity index (χ2n) is 14.5. The zero-order valence-corrected chi connectivity index (χ0v) is 32.0. The fourth-order valence-corrected chi connectivity index (χ4v) is 9.21. The summed E-state index contributed by atoms with van der Waals surface area (Å²) in [5.41, 5.74) is 2.72. The van der Waals surface area contributed by atoms with Gasteiger partial charge < -0.3 is 18.8 Å². The third-order valence-corrected chi connectivity index (χ3v) is 12.5. The van der Waals surface area contributed by atoms with Gasteiger partial charge in [0.2, 0.25) is 5.28 Å². The van der Waals surface area contributed by atoms with Gasteiger partial charge in [-0.2, -0.15) is 0 Å². The summed E-state index contributed by atoms with van der Waals surface area (Å²) >= 11 is 6.77. The summed E-state index contributed by atoms with van der Waals surface area (Å²) in [6.45, 7) is 2.63. The lowest BCUT2D eigenvalue weighted by molar-refractivity contribution is -0.197. The fourth-order valence-electron chi connectivity index (χ4n) is 7.69. The van der Waals surface area contributed by atoms with Crippen LogP contribution in [0.25, 0.3) is 43.7 Å². The van der Waals surface area contributed by atoms with Crippen molar-refractivity contribution in [3.8, 4) is 11.1 Å². The molecule has 4 aromatic carbocycles. The Hall–Kier alpha value is -4.91. The van der Waals surface area contributed by atoms with Crippen molar-refractivity contribution in [2.45, 2.75) is 61.9 Å². The number of halogens is 1. The molecule has 1 saturated carbocycles. The molecule has 0 spiro atoms. The molecule has 1 aliphatic heterocycles. The molecule has 280 valence electrons. The van der Waals surface area contributed by atoms with Gasteiger partial charge in [-0.1, -0.05) is 66.2 Å². The molecular weight excluding hydrogens is 736 g/mol. The average molecular weight is 775 g/mol. The first-order valence-corrected chi connectivity index (χ1v) is 20.3. The van der Waals surface area contributed by atoms with Gasteiger partial charge in [0, 0.05) is 47.9 Å². The van der Waals surface area contributed by atoms with Crippen molar-refractivity contribution in [3.63, 3.8) is 0 Å². The Kier molecular flexibility index (Phi) is 9.10. The van der Waals surface area contributed by atoms with E-state index in [1.54, 1.807) is 43.6 Å². The number of fused-ring (bicyclic) bond motifs is 3. The van der Waals surface area contributed by atoms with Gasteiger partial charge >= 0.3 is 0 Å². The van der Waals surface area contributed by atoms with Crippen LogP contribution in [-0.4, -0.2) is 52.5 Å². The zero-order chi connectivity index (χ0) is 37.9. The topological polar surface area (TPSA) is 115 Å². The van der Waals surface area contributed by atoms with E-state index in [-0.39, 0.29) is 28.4 Å². The maximum atomic E-state index is 13.9. The second kappa shape index (κ2) is 14.0. The van der Waals surface area contributed by atoms with Crippen molar-refractivity contribution in [3.05, 3.63) is 136 Å². The zero-order valence-electron chi connectivity index (χ0n) is 30.4. The molecule has 2 unspecified atom stereocenters. The van der Waals surface area contributed by atoms with Crippen LogP contribution in [0.15, 0.2) is 113 Å². The molecular formula is C43H39ClN4O6S. The maximum absolute atomic E-state index is 13.9. The molecule has 2 fully saturated rings. The molecule has 2 aliphatic rings. The Morgan fingerprint density at radius 1 is 0.909 bits per heavy atom. The van der Waals surface area contributed by atoms with Crippen LogP contribution in [0.3, 0.4) is 0 Å². The molecule has 1 aliphatic carbocycles. The average Bonchev–Trinajstić information content (AvgIpc) is 3.90. The number of nitrogens with zero attached hydrogens (tertiary/aromatic N) is 4. The number of hydrogen-bond acceptors (Lipinski definition) is 8. The van der Waals surface area contributed by atoms with Gasteiger partial charge in [0.15, 0.2) is 11.9 Å². The van der Waals surface area contributed by atoms with Crippen molar-refractivity contribution in [2.24, 2.45) is 7.05 Å². The van der Waals surface area contributed by atoms with E-state index in [9.17, 15) is 13.2 Å². The van der Waals surface area contributed by atoms with E-state index in [1.807, 2.05) is 43.3 Å². The summed E-state index contributed by atoms with van der Waals surface area (Å²) < 4.78 is 50.3. The lowest BCUT2D eigenvalue weighted by atomic mass is 9.84. The van der Waals surface area contributed by atoms with E-state index >= 15 is 0 Å². The minimum atomic E-state index is -4.08. The van der Waals surface area contributed by atoms with Crippen LogP contribution in [0.1, 0.15) is 48.9 Å². The van der Waals surface area contributed by atoms with E-state index in [0.717, 1.165) is 63.5 Å². The quantitative estimate of drug-likeness (QED) is 0.128. The maximum Gasteiger partial charge on any atom is 0.275 e. The van der Waals surface area contributed by atoms with Crippen LogP contribution in [0.4, 0.5) is 0 Å². The van der Waals surface area contributed by atoms with Crippen molar-refractivity contribution in [1.29, 1.82) is 0 Å². The number of benzene rings is 4. The molecule has 7 aromatic rings. The van der Waals surface area contributed by atoms with Gasteiger partial charge in [0.25, 0.3) is 15.6 Å². The standard InChI is InChI=1S/C43H39ClN4O6S/c1-27-13-18-31(19-14-27)55(50,51)48-22-21-33-35(25-47(2)41(49)39(33)48)29-15-20-37-34(24-29)40(46-42(44)45-37)43(54-30-16-17-30,26-53-38-12-5-6-23-52-38)36-11-7-9-28-8-3-4-10-32(28)36/h3-4,7-11,13-15,18-22,24-25,30,38H,5-6,12,16-17,23,26H2,1-2H3. The van der Waals surface area contributed by atoms with E-state index in [4.69, 9.17) is 30.8 Å². The first kappa shape index (κ1) is 35.8. The van der Waals surface area contributed by atoms with Gasteiger partial charge in [0.1, 0.15) is 5.52 Å². The Balaban J connectivity index is 1.27. The number of pyridine rings is 1. The summed E-state index contributed by atoms with van der Waals surface area (Å²) in [4.78, 5) is 23.5. The smallest absolute Gasteiger partial charge is 0.275 e. The van der Waals surface area contributed by atoms with E-state index < -0.39 is 27.5 Å². The fraction of sp³-hybridized carbons (Fsp3) is 0.279. The Morgan fingerprint density at radius 3 is 2.49 bits per heavy atom. The van der Waals surface area contributed by atoms with Crippen molar-refractivity contribution in [1.82, 2.24) is 18.5 Å². The molecule has 1 saturated heterocycles. The van der Waals surface area contributed by atoms with Gasteiger partial charge in [-0.05, 0) is 97.3 Å². The van der Waals surface area contributed by atoms with Crippen LogP contribution < -0.4 is 5.56 Å². The molecule has 55 heavy (non-hydrogen) atoms. The molecule has 4 heterocycles. The lowest BCUT2D eigenvalue weighted by Gasteiger charge is -2.37. The molecule has 2 atom stereocenters. The predicted molar refractivity (Wildman–Crippen MR) is 213 cm³/mol. The van der Waals surface area contributed by atoms with Crippen LogP contribution in [0.5, 0.6) is 0 Å². The number of ether oxygens (including phenoxy) is 3. The van der Waals surface area contributed by atoms with Gasteiger partial charge in [-0.25, -0.2) is 22.4 Å². The van der Waals surface area contributed by atoms with Gasteiger partial charge in [0.05, 0.1) is 28.8 Å². The van der Waals surface area contributed by atoms with Crippen LogP contribution in [-0.2, 0) is 36.9 Å². The molecule has 9 rings (SSSR count). The summed E-state index contributed by atoms with van der Waals surface area (Å²) in [6, 6.07) is 28.3. The third kappa shape index (κ3) is 6.43. The lowest BCUT2D eigenvalue weighted by Crippen LogP contribution is -2.41. The first-order chi connectivity index (χ1) is 26.6. The largest absolute Gasteiger partial charge is 0.358 e. The summed E-state index contributed by atoms with van der Waals surface area (Å²) in [6.07, 6.45) is 7.30. The number of rotatable bonds is 10. The van der Waals surface area contributed by atoms with E-state index in [0.29, 0.717) is 34.2 Å². The predicted octanol–water partition coefficient (Wildman–Crippen LogP) is 8.27. The van der Waals surface area contributed by atoms with Crippen LogP contribution >= 0.6 is 11.6 Å². The highest BCUT2D eigenvalue weighted by Crippen LogP contribution is 2.46. The molecule has 0 radical (unpaired) electrons. The highest BCUT2D eigenvalue weighted by Gasteiger charge is 2.46. The monoisotopic (exact) mass is 774 g/mol. The van der Waals surface area contributed by atoms with Crippen molar-refractivity contribution < 1.29 is 22.6 Å². The summed E-state index contributed by atoms with van der Waals surface area (Å²) in [7, 11) is -2.46. The number of aromatic nitrogens is 4. The van der Waals surface area contributed by atoms with Crippen molar-refractivity contribution >= 4 is 54.2 Å². The highest BCUT2D eigenvalue weighted by atomic mass is 35.5. The normalized spacial score (nSPS) is 17.5. The minimum Gasteiger partial charge on any atom is -0.358 e. The minimum absolute atomic E-state index is 0.0275.